The average Bonchev–Trinajstić information content (AvgIpc) is 2.79. The van der Waals surface area contributed by atoms with Crippen LogP contribution in [-0.4, -0.2) is 26.9 Å². The molecule has 1 N–H and O–H groups in total. The second-order valence-corrected chi connectivity index (χ2v) is 10.1. The van der Waals surface area contributed by atoms with Crippen molar-refractivity contribution in [2.45, 2.75) is 30.7 Å². The quantitative estimate of drug-likeness (QED) is 0.440. The molecule has 0 aliphatic heterocycles. The van der Waals surface area contributed by atoms with Gasteiger partial charge in [-0.1, -0.05) is 71.7 Å². The predicted octanol–water partition coefficient (Wildman–Crippen LogP) is 5.33. The number of sulfonamides is 1. The minimum atomic E-state index is -4.00. The summed E-state index contributed by atoms with van der Waals surface area (Å²) >= 11 is 12.1. The van der Waals surface area contributed by atoms with E-state index in [-0.39, 0.29) is 28.2 Å². The third-order valence-corrected chi connectivity index (χ3v) is 7.45. The van der Waals surface area contributed by atoms with Crippen LogP contribution in [0.25, 0.3) is 0 Å². The van der Waals surface area contributed by atoms with Crippen LogP contribution in [0.5, 0.6) is 0 Å². The Morgan fingerprint density at radius 2 is 1.56 bits per heavy atom. The van der Waals surface area contributed by atoms with E-state index in [9.17, 15) is 13.2 Å². The van der Waals surface area contributed by atoms with Crippen LogP contribution in [0.1, 0.15) is 18.9 Å². The molecule has 32 heavy (non-hydrogen) atoms. The summed E-state index contributed by atoms with van der Waals surface area (Å²) in [6, 6.07) is 22.3. The van der Waals surface area contributed by atoms with Gasteiger partial charge in [-0.3, -0.25) is 9.10 Å². The highest BCUT2D eigenvalue weighted by atomic mass is 35.5. The Hall–Kier alpha value is -2.54. The van der Waals surface area contributed by atoms with Gasteiger partial charge < -0.3 is 5.32 Å². The Bertz CT molecular complexity index is 1160. The minimum absolute atomic E-state index is 0.0796. The summed E-state index contributed by atoms with van der Waals surface area (Å²) in [5.41, 5.74) is 1.44. The van der Waals surface area contributed by atoms with Crippen molar-refractivity contribution in [2.75, 3.05) is 10.8 Å². The summed E-state index contributed by atoms with van der Waals surface area (Å²) < 4.78 is 27.7. The Balaban J connectivity index is 1.77. The van der Waals surface area contributed by atoms with E-state index in [0.29, 0.717) is 5.02 Å². The molecule has 0 unspecified atom stereocenters. The van der Waals surface area contributed by atoms with E-state index < -0.39 is 15.9 Å². The van der Waals surface area contributed by atoms with Gasteiger partial charge in [0, 0.05) is 6.04 Å². The maximum Gasteiger partial charge on any atom is 0.264 e. The standard InChI is InChI=1S/C24H24Cl2N2O3S/c1-18(12-13-19-8-4-2-5-9-19)27-24(29)17-28(20-14-15-22(25)23(26)16-20)32(30,31)21-10-6-3-7-11-21/h2-11,14-16,18H,12-13,17H2,1H3,(H,27,29)/t18-/m1/s1. The van der Waals surface area contributed by atoms with E-state index in [1.165, 1.54) is 35.9 Å². The predicted molar refractivity (Wildman–Crippen MR) is 130 cm³/mol. The summed E-state index contributed by atoms with van der Waals surface area (Å²) in [5.74, 6) is -0.406. The Kier molecular flexibility index (Phi) is 8.18. The van der Waals surface area contributed by atoms with E-state index in [1.54, 1.807) is 18.2 Å². The molecule has 0 fully saturated rings. The fraction of sp³-hybridized carbons (Fsp3) is 0.208. The van der Waals surface area contributed by atoms with Crippen LogP contribution in [0.2, 0.25) is 10.0 Å². The first kappa shape index (κ1) is 24.1. The second kappa shape index (κ2) is 10.9. The topological polar surface area (TPSA) is 66.5 Å². The number of benzene rings is 3. The Morgan fingerprint density at radius 1 is 0.938 bits per heavy atom. The molecule has 0 bridgehead atoms. The highest BCUT2D eigenvalue weighted by Gasteiger charge is 2.28. The fourth-order valence-corrected chi connectivity index (χ4v) is 4.95. The molecule has 1 amide bonds. The highest BCUT2D eigenvalue weighted by molar-refractivity contribution is 7.92. The van der Waals surface area contributed by atoms with Crippen LogP contribution in [-0.2, 0) is 21.2 Å². The van der Waals surface area contributed by atoms with Gasteiger partial charge in [-0.05, 0) is 55.7 Å². The molecule has 0 heterocycles. The zero-order valence-corrected chi connectivity index (χ0v) is 19.9. The van der Waals surface area contributed by atoms with Crippen molar-refractivity contribution in [1.29, 1.82) is 0 Å². The number of carbonyl (C=O) groups is 1. The lowest BCUT2D eigenvalue weighted by molar-refractivity contribution is -0.120. The monoisotopic (exact) mass is 490 g/mol. The number of hydrogen-bond acceptors (Lipinski definition) is 3. The van der Waals surface area contributed by atoms with Gasteiger partial charge in [0.15, 0.2) is 0 Å². The first-order chi connectivity index (χ1) is 15.3. The number of aryl methyl sites for hydroxylation is 1. The number of nitrogens with one attached hydrogen (secondary N) is 1. The van der Waals surface area contributed by atoms with Crippen LogP contribution in [0, 0.1) is 0 Å². The van der Waals surface area contributed by atoms with E-state index in [2.05, 4.69) is 5.32 Å². The molecule has 168 valence electrons. The Labute approximate surface area is 199 Å². The van der Waals surface area contributed by atoms with Crippen molar-refractivity contribution in [3.8, 4) is 0 Å². The number of hydrogen-bond donors (Lipinski definition) is 1. The molecule has 0 aliphatic rings. The number of nitrogens with zero attached hydrogens (tertiary/aromatic N) is 1. The number of halogens is 2. The van der Waals surface area contributed by atoms with Gasteiger partial charge in [0.05, 0.1) is 20.6 Å². The lowest BCUT2D eigenvalue weighted by Crippen LogP contribution is -2.43. The third kappa shape index (κ3) is 6.25. The van der Waals surface area contributed by atoms with Crippen LogP contribution in [0.15, 0.2) is 83.8 Å². The highest BCUT2D eigenvalue weighted by Crippen LogP contribution is 2.30. The zero-order chi connectivity index (χ0) is 23.1. The molecule has 1 atom stereocenters. The first-order valence-corrected chi connectivity index (χ1v) is 12.3. The summed E-state index contributed by atoms with van der Waals surface area (Å²) in [5, 5.41) is 3.40. The molecule has 0 aliphatic carbocycles. The van der Waals surface area contributed by atoms with Crippen LogP contribution < -0.4 is 9.62 Å². The van der Waals surface area contributed by atoms with Gasteiger partial charge in [0.1, 0.15) is 6.54 Å². The van der Waals surface area contributed by atoms with E-state index >= 15 is 0 Å². The van der Waals surface area contributed by atoms with Gasteiger partial charge in [-0.2, -0.15) is 0 Å². The molecule has 0 spiro atoms. The lowest BCUT2D eigenvalue weighted by Gasteiger charge is -2.25. The van der Waals surface area contributed by atoms with Crippen LogP contribution in [0.4, 0.5) is 5.69 Å². The molecular weight excluding hydrogens is 467 g/mol. The normalized spacial score (nSPS) is 12.2. The Morgan fingerprint density at radius 3 is 2.19 bits per heavy atom. The van der Waals surface area contributed by atoms with Crippen molar-refractivity contribution >= 4 is 44.8 Å². The van der Waals surface area contributed by atoms with E-state index in [1.807, 2.05) is 37.3 Å². The van der Waals surface area contributed by atoms with Crippen molar-refractivity contribution in [2.24, 2.45) is 0 Å². The molecule has 0 saturated carbocycles. The van der Waals surface area contributed by atoms with E-state index in [0.717, 1.165) is 17.1 Å². The van der Waals surface area contributed by atoms with Gasteiger partial charge in [0.25, 0.3) is 10.0 Å². The van der Waals surface area contributed by atoms with Crippen LogP contribution in [0.3, 0.4) is 0 Å². The van der Waals surface area contributed by atoms with Gasteiger partial charge >= 0.3 is 0 Å². The second-order valence-electron chi connectivity index (χ2n) is 7.42. The lowest BCUT2D eigenvalue weighted by atomic mass is 10.1. The van der Waals surface area contributed by atoms with Gasteiger partial charge in [0.2, 0.25) is 5.91 Å². The first-order valence-electron chi connectivity index (χ1n) is 10.1. The fourth-order valence-electron chi connectivity index (χ4n) is 3.23. The molecule has 3 rings (SSSR count). The maximum absolute atomic E-state index is 13.3. The molecule has 0 radical (unpaired) electrons. The number of amides is 1. The van der Waals surface area contributed by atoms with Crippen LogP contribution >= 0.6 is 23.2 Å². The minimum Gasteiger partial charge on any atom is -0.352 e. The molecule has 8 heteroatoms. The average molecular weight is 491 g/mol. The summed E-state index contributed by atoms with van der Waals surface area (Å²) in [4.78, 5) is 12.9. The summed E-state index contributed by atoms with van der Waals surface area (Å²) in [6.07, 6.45) is 1.54. The smallest absolute Gasteiger partial charge is 0.264 e. The molecule has 3 aromatic carbocycles. The maximum atomic E-state index is 13.3. The molecule has 3 aromatic rings. The summed E-state index contributed by atoms with van der Waals surface area (Å²) in [6.45, 7) is 1.51. The number of anilines is 1. The molecule has 0 saturated heterocycles. The van der Waals surface area contributed by atoms with Gasteiger partial charge in [-0.25, -0.2) is 8.42 Å². The number of carbonyl (C=O) groups excluding carboxylic acids is 1. The molecule has 5 nitrogen and oxygen atoms in total. The molecule has 0 aromatic heterocycles. The summed E-state index contributed by atoms with van der Waals surface area (Å²) in [7, 11) is -4.00. The van der Waals surface area contributed by atoms with Crippen molar-refractivity contribution in [3.63, 3.8) is 0 Å². The third-order valence-electron chi connectivity index (χ3n) is 4.93. The van der Waals surface area contributed by atoms with Gasteiger partial charge in [-0.15, -0.1) is 0 Å². The van der Waals surface area contributed by atoms with Crippen molar-refractivity contribution < 1.29 is 13.2 Å². The SMILES string of the molecule is C[C@H](CCc1ccccc1)NC(=O)CN(c1ccc(Cl)c(Cl)c1)S(=O)(=O)c1ccccc1. The molecular formula is C24H24Cl2N2O3S. The number of rotatable bonds is 9. The van der Waals surface area contributed by atoms with Crippen molar-refractivity contribution in [3.05, 3.63) is 94.5 Å². The zero-order valence-electron chi connectivity index (χ0n) is 17.5. The largest absolute Gasteiger partial charge is 0.352 e. The van der Waals surface area contributed by atoms with E-state index in [4.69, 9.17) is 23.2 Å². The van der Waals surface area contributed by atoms with Crippen molar-refractivity contribution in [1.82, 2.24) is 5.32 Å².